The number of likely N-dealkylation sites (tertiary alicyclic amines) is 1. The van der Waals surface area contributed by atoms with Gasteiger partial charge in [0.25, 0.3) is 5.91 Å². The van der Waals surface area contributed by atoms with E-state index in [4.69, 9.17) is 4.74 Å². The molecule has 0 atom stereocenters. The van der Waals surface area contributed by atoms with Gasteiger partial charge in [-0.25, -0.2) is 9.78 Å². The zero-order chi connectivity index (χ0) is 18.1. The Morgan fingerprint density at radius 3 is 2.69 bits per heavy atom. The molecule has 0 bridgehead atoms. The lowest BCUT2D eigenvalue weighted by atomic mass is 10.0. The van der Waals surface area contributed by atoms with Gasteiger partial charge in [0.2, 0.25) is 11.8 Å². The van der Waals surface area contributed by atoms with Gasteiger partial charge in [0.1, 0.15) is 5.75 Å². The summed E-state index contributed by atoms with van der Waals surface area (Å²) in [5.41, 5.74) is 0.481. The Labute approximate surface area is 149 Å². The highest BCUT2D eigenvalue weighted by Crippen LogP contribution is 2.24. The first kappa shape index (κ1) is 16.1. The smallest absolute Gasteiger partial charge is 0.324 e. The average Bonchev–Trinajstić information content (AvgIpc) is 2.94. The van der Waals surface area contributed by atoms with E-state index in [1.165, 1.54) is 4.90 Å². The van der Waals surface area contributed by atoms with Crippen LogP contribution in [-0.2, 0) is 4.79 Å². The van der Waals surface area contributed by atoms with E-state index in [1.807, 2.05) is 6.07 Å². The fourth-order valence-corrected chi connectivity index (χ4v) is 2.99. The third kappa shape index (κ3) is 2.97. The summed E-state index contributed by atoms with van der Waals surface area (Å²) >= 11 is 0. The van der Waals surface area contributed by atoms with E-state index in [0.29, 0.717) is 30.3 Å². The first-order valence-electron chi connectivity index (χ1n) is 8.20. The first-order valence-corrected chi connectivity index (χ1v) is 8.20. The van der Waals surface area contributed by atoms with Crippen molar-refractivity contribution in [2.24, 2.45) is 0 Å². The van der Waals surface area contributed by atoms with E-state index in [2.05, 4.69) is 10.3 Å². The number of amides is 4. The number of hydrogen-bond donors (Lipinski definition) is 1. The molecule has 8 nitrogen and oxygen atoms in total. The summed E-state index contributed by atoms with van der Waals surface area (Å²) in [5.74, 6) is 0.540. The van der Waals surface area contributed by atoms with Gasteiger partial charge in [0.15, 0.2) is 0 Å². The van der Waals surface area contributed by atoms with E-state index < -0.39 is 6.03 Å². The van der Waals surface area contributed by atoms with Crippen molar-refractivity contribution in [1.82, 2.24) is 20.1 Å². The van der Waals surface area contributed by atoms with Crippen LogP contribution in [0, 0.1) is 0 Å². The number of pyridine rings is 1. The molecule has 0 aliphatic carbocycles. The van der Waals surface area contributed by atoms with Crippen molar-refractivity contribution < 1.29 is 19.1 Å². The molecule has 0 unspecified atom stereocenters. The number of rotatable bonds is 4. The molecule has 2 fully saturated rings. The van der Waals surface area contributed by atoms with Crippen LogP contribution in [-0.4, -0.2) is 58.3 Å². The number of nitrogens with zero attached hydrogens (tertiary/aromatic N) is 3. The summed E-state index contributed by atoms with van der Waals surface area (Å²) in [7, 11) is 0. The van der Waals surface area contributed by atoms with Gasteiger partial charge in [0.05, 0.1) is 12.6 Å². The van der Waals surface area contributed by atoms with Gasteiger partial charge >= 0.3 is 6.03 Å². The molecule has 8 heteroatoms. The lowest BCUT2D eigenvalue weighted by Gasteiger charge is -2.42. The molecule has 0 saturated carbocycles. The van der Waals surface area contributed by atoms with Crippen molar-refractivity contribution >= 4 is 17.8 Å². The lowest BCUT2D eigenvalue weighted by molar-refractivity contribution is -0.128. The van der Waals surface area contributed by atoms with Crippen LogP contribution >= 0.6 is 0 Å². The van der Waals surface area contributed by atoms with Crippen LogP contribution in [0.5, 0.6) is 11.6 Å². The molecule has 1 aromatic carbocycles. The molecular weight excluding hydrogens is 336 g/mol. The summed E-state index contributed by atoms with van der Waals surface area (Å²) in [6.45, 7) is 0.697. The van der Waals surface area contributed by atoms with Gasteiger partial charge in [-0.05, 0) is 24.3 Å². The van der Waals surface area contributed by atoms with Crippen LogP contribution in [0.3, 0.4) is 0 Å². The predicted molar refractivity (Wildman–Crippen MR) is 90.7 cm³/mol. The summed E-state index contributed by atoms with van der Waals surface area (Å²) in [4.78, 5) is 42.8. The van der Waals surface area contributed by atoms with E-state index in [-0.39, 0.29) is 24.4 Å². The quantitative estimate of drug-likeness (QED) is 0.836. The highest BCUT2D eigenvalue weighted by molar-refractivity contribution is 6.03. The third-order valence-corrected chi connectivity index (χ3v) is 4.33. The van der Waals surface area contributed by atoms with Gasteiger partial charge in [-0.3, -0.25) is 14.5 Å². The van der Waals surface area contributed by atoms with Crippen LogP contribution < -0.4 is 10.1 Å². The maximum absolute atomic E-state index is 12.6. The van der Waals surface area contributed by atoms with Crippen molar-refractivity contribution in [3.8, 4) is 11.6 Å². The van der Waals surface area contributed by atoms with Gasteiger partial charge in [-0.2, -0.15) is 0 Å². The van der Waals surface area contributed by atoms with Crippen LogP contribution in [0.4, 0.5) is 4.79 Å². The molecule has 1 N–H and O–H groups in total. The fourth-order valence-electron chi connectivity index (χ4n) is 2.99. The maximum atomic E-state index is 12.6. The highest BCUT2D eigenvalue weighted by Gasteiger charge is 2.43. The zero-order valence-electron chi connectivity index (χ0n) is 13.8. The Kier molecular flexibility index (Phi) is 4.00. The second kappa shape index (κ2) is 6.47. The molecule has 4 rings (SSSR count). The molecule has 2 saturated heterocycles. The number of carbonyl (C=O) groups excluding carboxylic acids is 3. The van der Waals surface area contributed by atoms with Crippen LogP contribution in [0.15, 0.2) is 48.7 Å². The molecule has 132 valence electrons. The molecule has 1 aromatic heterocycles. The molecule has 2 aliphatic heterocycles. The molecule has 2 aromatic rings. The van der Waals surface area contributed by atoms with Crippen molar-refractivity contribution in [2.75, 3.05) is 19.6 Å². The van der Waals surface area contributed by atoms with Crippen molar-refractivity contribution in [1.29, 1.82) is 0 Å². The Hall–Kier alpha value is -3.42. The number of aromatic nitrogens is 1. The number of hydrogen-bond acceptors (Lipinski definition) is 5. The Morgan fingerprint density at radius 1 is 1.15 bits per heavy atom. The summed E-state index contributed by atoms with van der Waals surface area (Å²) in [5, 5.41) is 2.49. The second-order valence-corrected chi connectivity index (χ2v) is 6.08. The number of benzene rings is 1. The van der Waals surface area contributed by atoms with Gasteiger partial charge in [-0.15, -0.1) is 0 Å². The van der Waals surface area contributed by atoms with Gasteiger partial charge in [-0.1, -0.05) is 12.1 Å². The topological polar surface area (TPSA) is 91.8 Å². The van der Waals surface area contributed by atoms with Gasteiger partial charge < -0.3 is 15.0 Å². The molecule has 0 radical (unpaired) electrons. The molecule has 0 spiro atoms. The molecule has 4 amide bonds. The summed E-state index contributed by atoms with van der Waals surface area (Å²) in [6.07, 6.45) is 1.63. The minimum Gasteiger partial charge on any atom is -0.439 e. The molecule has 2 aliphatic rings. The van der Waals surface area contributed by atoms with Gasteiger partial charge in [0, 0.05) is 30.9 Å². The standard InChI is InChI=1S/C18H16N4O4/c23-16-9-20-18(25)22(16)13-10-21(11-13)17(24)12-4-3-5-14(8-12)26-15-6-1-2-7-19-15/h1-8,13H,9-11H2,(H,20,25). The monoisotopic (exact) mass is 352 g/mol. The predicted octanol–water partition coefficient (Wildman–Crippen LogP) is 1.25. The number of urea groups is 1. The van der Waals surface area contributed by atoms with E-state index in [9.17, 15) is 14.4 Å². The van der Waals surface area contributed by atoms with Crippen molar-refractivity contribution in [3.05, 3.63) is 54.2 Å². The van der Waals surface area contributed by atoms with Crippen molar-refractivity contribution in [3.63, 3.8) is 0 Å². The third-order valence-electron chi connectivity index (χ3n) is 4.33. The summed E-state index contributed by atoms with van der Waals surface area (Å²) < 4.78 is 5.64. The van der Waals surface area contributed by atoms with Crippen molar-refractivity contribution in [2.45, 2.75) is 6.04 Å². The second-order valence-electron chi connectivity index (χ2n) is 6.08. The largest absolute Gasteiger partial charge is 0.439 e. The highest BCUT2D eigenvalue weighted by atomic mass is 16.5. The van der Waals surface area contributed by atoms with Crippen LogP contribution in [0.2, 0.25) is 0 Å². The Bertz CT molecular complexity index is 849. The minimum absolute atomic E-state index is 0.0240. The normalized spacial score (nSPS) is 17.1. The number of imide groups is 1. The molecular formula is C18H16N4O4. The van der Waals surface area contributed by atoms with Crippen LogP contribution in [0.1, 0.15) is 10.4 Å². The van der Waals surface area contributed by atoms with Crippen LogP contribution in [0.25, 0.3) is 0 Å². The fraction of sp³-hybridized carbons (Fsp3) is 0.222. The Morgan fingerprint density at radius 2 is 2.00 bits per heavy atom. The lowest BCUT2D eigenvalue weighted by Crippen LogP contribution is -2.62. The maximum Gasteiger partial charge on any atom is 0.324 e. The number of ether oxygens (including phenoxy) is 1. The zero-order valence-corrected chi connectivity index (χ0v) is 13.8. The SMILES string of the molecule is O=C(c1cccc(Oc2ccccn2)c1)N1CC(N2C(=O)CNC2=O)C1. The van der Waals surface area contributed by atoms with E-state index in [1.54, 1.807) is 47.5 Å². The first-order chi connectivity index (χ1) is 12.6. The number of carbonyl (C=O) groups is 3. The average molecular weight is 352 g/mol. The molecule has 3 heterocycles. The Balaban J connectivity index is 1.41. The van der Waals surface area contributed by atoms with E-state index >= 15 is 0 Å². The number of nitrogens with one attached hydrogen (secondary N) is 1. The minimum atomic E-state index is -0.391. The van der Waals surface area contributed by atoms with E-state index in [0.717, 1.165) is 0 Å². The summed E-state index contributed by atoms with van der Waals surface area (Å²) in [6, 6.07) is 11.5. The molecule has 26 heavy (non-hydrogen) atoms.